The fourth-order valence-corrected chi connectivity index (χ4v) is 0.760. The molecule has 1 heterocycles. The third-order valence-electron chi connectivity index (χ3n) is 1.59. The lowest BCUT2D eigenvalue weighted by Crippen LogP contribution is -2.13. The molecule has 0 saturated carbocycles. The first kappa shape index (κ1) is 7.98. The highest BCUT2D eigenvalue weighted by Gasteiger charge is 1.96. The number of rotatable bonds is 3. The van der Waals surface area contributed by atoms with Crippen molar-refractivity contribution in [1.29, 1.82) is 0 Å². The third-order valence-corrected chi connectivity index (χ3v) is 1.59. The molecule has 1 unspecified atom stereocenters. The summed E-state index contributed by atoms with van der Waals surface area (Å²) in [6.07, 6.45) is 6.19. The normalized spacial score (nSPS) is 12.5. The van der Waals surface area contributed by atoms with Crippen LogP contribution in [-0.4, -0.2) is 16.0 Å². The Morgan fingerprint density at radius 3 is 2.64 bits per heavy atom. The van der Waals surface area contributed by atoms with E-state index < -0.39 is 0 Å². The minimum atomic E-state index is 0.487. The monoisotopic (exact) mass is 151 g/mol. The number of nitrogens with one attached hydrogen (secondary N) is 1. The predicted octanol–water partition coefficient (Wildman–Crippen LogP) is 1.69. The van der Waals surface area contributed by atoms with Crippen LogP contribution in [0.2, 0.25) is 0 Å². The zero-order chi connectivity index (χ0) is 8.10. The van der Waals surface area contributed by atoms with Gasteiger partial charge in [-0.15, -0.1) is 0 Å². The van der Waals surface area contributed by atoms with Crippen molar-refractivity contribution in [2.45, 2.75) is 26.3 Å². The van der Waals surface area contributed by atoms with E-state index in [-0.39, 0.29) is 0 Å². The van der Waals surface area contributed by atoms with Crippen LogP contribution < -0.4 is 5.32 Å². The molecule has 0 radical (unpaired) electrons. The van der Waals surface area contributed by atoms with E-state index in [9.17, 15) is 0 Å². The van der Waals surface area contributed by atoms with E-state index in [1.165, 1.54) is 6.33 Å². The number of hydrogen-bond donors (Lipinski definition) is 1. The van der Waals surface area contributed by atoms with Crippen LogP contribution in [0.15, 0.2) is 18.7 Å². The zero-order valence-electron chi connectivity index (χ0n) is 6.91. The maximum Gasteiger partial charge on any atom is 0.115 e. The number of nitrogens with zero attached hydrogens (tertiary/aromatic N) is 2. The van der Waals surface area contributed by atoms with Gasteiger partial charge >= 0.3 is 0 Å². The van der Waals surface area contributed by atoms with E-state index in [2.05, 4.69) is 29.1 Å². The van der Waals surface area contributed by atoms with Gasteiger partial charge in [0, 0.05) is 6.04 Å². The molecular formula is C8H13N3. The molecule has 3 heteroatoms. The van der Waals surface area contributed by atoms with Crippen LogP contribution in [0.25, 0.3) is 0 Å². The average Bonchev–Trinajstić information content (AvgIpc) is 2.06. The predicted molar refractivity (Wildman–Crippen MR) is 45.4 cm³/mol. The van der Waals surface area contributed by atoms with Crippen LogP contribution >= 0.6 is 0 Å². The van der Waals surface area contributed by atoms with Crippen molar-refractivity contribution in [3.63, 3.8) is 0 Å². The van der Waals surface area contributed by atoms with Crippen molar-refractivity contribution >= 4 is 5.69 Å². The van der Waals surface area contributed by atoms with Gasteiger partial charge in [-0.1, -0.05) is 6.92 Å². The van der Waals surface area contributed by atoms with E-state index in [1.54, 1.807) is 12.4 Å². The molecule has 1 atom stereocenters. The van der Waals surface area contributed by atoms with Gasteiger partial charge in [0.15, 0.2) is 0 Å². The van der Waals surface area contributed by atoms with Crippen LogP contribution in [0.5, 0.6) is 0 Å². The highest BCUT2D eigenvalue weighted by molar-refractivity contribution is 5.37. The van der Waals surface area contributed by atoms with E-state index in [4.69, 9.17) is 0 Å². The molecule has 1 aromatic rings. The summed E-state index contributed by atoms with van der Waals surface area (Å²) in [5, 5.41) is 3.27. The highest BCUT2D eigenvalue weighted by Crippen LogP contribution is 2.04. The van der Waals surface area contributed by atoms with Crippen molar-refractivity contribution in [1.82, 2.24) is 9.97 Å². The van der Waals surface area contributed by atoms with Crippen molar-refractivity contribution < 1.29 is 0 Å². The minimum absolute atomic E-state index is 0.487. The molecule has 0 amide bonds. The molecule has 1 rings (SSSR count). The molecule has 0 aliphatic heterocycles. The largest absolute Gasteiger partial charge is 0.380 e. The van der Waals surface area contributed by atoms with Crippen molar-refractivity contribution in [2.75, 3.05) is 5.32 Å². The summed E-state index contributed by atoms with van der Waals surface area (Å²) in [5.41, 5.74) is 0.988. The standard InChI is InChI=1S/C8H13N3/c1-3-7(2)11-8-4-9-6-10-5-8/h4-7,11H,3H2,1-2H3. The first-order valence-electron chi connectivity index (χ1n) is 3.84. The summed E-state index contributed by atoms with van der Waals surface area (Å²) < 4.78 is 0. The summed E-state index contributed by atoms with van der Waals surface area (Å²) in [5.74, 6) is 0. The topological polar surface area (TPSA) is 37.8 Å². The Hall–Kier alpha value is -1.12. The Balaban J connectivity index is 2.51. The molecule has 0 spiro atoms. The number of aromatic nitrogens is 2. The average molecular weight is 151 g/mol. The quantitative estimate of drug-likeness (QED) is 0.714. The van der Waals surface area contributed by atoms with Gasteiger partial charge in [-0.3, -0.25) is 0 Å². The SMILES string of the molecule is CCC(C)Nc1cncnc1. The smallest absolute Gasteiger partial charge is 0.115 e. The van der Waals surface area contributed by atoms with Crippen LogP contribution in [0.4, 0.5) is 5.69 Å². The molecule has 0 bridgehead atoms. The molecule has 0 saturated heterocycles. The summed E-state index contributed by atoms with van der Waals surface area (Å²) in [6, 6.07) is 0.487. The fraction of sp³-hybridized carbons (Fsp3) is 0.500. The second kappa shape index (κ2) is 3.91. The lowest BCUT2D eigenvalue weighted by atomic mass is 10.2. The van der Waals surface area contributed by atoms with Gasteiger partial charge < -0.3 is 5.32 Å². The van der Waals surface area contributed by atoms with E-state index in [0.717, 1.165) is 12.1 Å². The maximum atomic E-state index is 3.90. The second-order valence-corrected chi connectivity index (χ2v) is 2.58. The Labute approximate surface area is 66.9 Å². The van der Waals surface area contributed by atoms with Gasteiger partial charge in [0.25, 0.3) is 0 Å². The molecular weight excluding hydrogens is 138 g/mol. The molecule has 1 aromatic heterocycles. The van der Waals surface area contributed by atoms with Gasteiger partial charge in [0.05, 0.1) is 18.1 Å². The second-order valence-electron chi connectivity index (χ2n) is 2.58. The van der Waals surface area contributed by atoms with Gasteiger partial charge in [0.1, 0.15) is 6.33 Å². The molecule has 11 heavy (non-hydrogen) atoms. The molecule has 3 nitrogen and oxygen atoms in total. The molecule has 0 aliphatic carbocycles. The van der Waals surface area contributed by atoms with Crippen molar-refractivity contribution in [3.8, 4) is 0 Å². The highest BCUT2D eigenvalue weighted by atomic mass is 14.9. The van der Waals surface area contributed by atoms with Crippen LogP contribution in [-0.2, 0) is 0 Å². The van der Waals surface area contributed by atoms with Gasteiger partial charge in [-0.25, -0.2) is 9.97 Å². The summed E-state index contributed by atoms with van der Waals surface area (Å²) >= 11 is 0. The molecule has 0 aliphatic rings. The Bertz CT molecular complexity index is 198. The minimum Gasteiger partial charge on any atom is -0.380 e. The first-order chi connectivity index (χ1) is 5.33. The Morgan fingerprint density at radius 1 is 1.45 bits per heavy atom. The molecule has 0 aromatic carbocycles. The Kier molecular flexibility index (Phi) is 2.83. The first-order valence-corrected chi connectivity index (χ1v) is 3.84. The lowest BCUT2D eigenvalue weighted by Gasteiger charge is -2.10. The summed E-state index contributed by atoms with van der Waals surface area (Å²) in [6.45, 7) is 4.27. The van der Waals surface area contributed by atoms with Crippen LogP contribution in [0, 0.1) is 0 Å². The molecule has 1 N–H and O–H groups in total. The lowest BCUT2D eigenvalue weighted by molar-refractivity contribution is 0.762. The van der Waals surface area contributed by atoms with E-state index >= 15 is 0 Å². The van der Waals surface area contributed by atoms with Gasteiger partial charge in [-0.2, -0.15) is 0 Å². The maximum absolute atomic E-state index is 3.90. The van der Waals surface area contributed by atoms with Crippen molar-refractivity contribution in [2.24, 2.45) is 0 Å². The summed E-state index contributed by atoms with van der Waals surface area (Å²) in [7, 11) is 0. The molecule has 60 valence electrons. The van der Waals surface area contributed by atoms with Crippen molar-refractivity contribution in [3.05, 3.63) is 18.7 Å². The number of hydrogen-bond acceptors (Lipinski definition) is 3. The Morgan fingerprint density at radius 2 is 2.09 bits per heavy atom. The fourth-order valence-electron chi connectivity index (χ4n) is 0.760. The molecule has 0 fully saturated rings. The van der Waals surface area contributed by atoms with E-state index in [0.29, 0.717) is 6.04 Å². The zero-order valence-corrected chi connectivity index (χ0v) is 6.91. The van der Waals surface area contributed by atoms with Crippen LogP contribution in [0.1, 0.15) is 20.3 Å². The van der Waals surface area contributed by atoms with E-state index in [1.807, 2.05) is 0 Å². The summed E-state index contributed by atoms with van der Waals surface area (Å²) in [4.78, 5) is 7.80. The van der Waals surface area contributed by atoms with Gasteiger partial charge in [0.2, 0.25) is 0 Å². The third kappa shape index (κ3) is 2.53. The van der Waals surface area contributed by atoms with Gasteiger partial charge in [-0.05, 0) is 13.3 Å². The number of anilines is 1. The van der Waals surface area contributed by atoms with Crippen LogP contribution in [0.3, 0.4) is 0 Å².